The van der Waals surface area contributed by atoms with Gasteiger partial charge < -0.3 is 4.74 Å². The van der Waals surface area contributed by atoms with Crippen LogP contribution >= 0.6 is 0 Å². The zero-order chi connectivity index (χ0) is 16.8. The van der Waals surface area contributed by atoms with Crippen LogP contribution in [0.1, 0.15) is 12.5 Å². The van der Waals surface area contributed by atoms with E-state index in [0.29, 0.717) is 0 Å². The Hall–Kier alpha value is -3.44. The van der Waals surface area contributed by atoms with Crippen LogP contribution in [0.3, 0.4) is 0 Å². The fourth-order valence-electron chi connectivity index (χ4n) is 1.23. The molecule has 0 N–H and O–H groups in total. The molecule has 0 radical (unpaired) electrons. The Bertz CT molecular complexity index is 647. The molecule has 0 saturated carbocycles. The maximum Gasteiger partial charge on any atom is 0.346 e. The second-order valence-electron chi connectivity index (χ2n) is 3.68. The number of ether oxygens (including phenoxy) is 1. The van der Waals surface area contributed by atoms with E-state index in [1.807, 2.05) is 37.3 Å². The quantitative estimate of drug-likeness (QED) is 0.475. The summed E-state index contributed by atoms with van der Waals surface area (Å²) in [5.74, 6) is -1.19. The van der Waals surface area contributed by atoms with Crippen LogP contribution in [0.2, 0.25) is 0 Å². The first kappa shape index (κ1) is 18.6. The van der Waals surface area contributed by atoms with Crippen molar-refractivity contribution in [3.63, 3.8) is 0 Å². The molecular formula is C17H14N2O3. The minimum atomic E-state index is -0.604. The van der Waals surface area contributed by atoms with E-state index >= 15 is 0 Å². The largest absolute Gasteiger partial charge is 0.386 e. The topological polar surface area (TPSA) is 91.0 Å². The number of hydrogen-bond acceptors (Lipinski definition) is 5. The van der Waals surface area contributed by atoms with Gasteiger partial charge in [0, 0.05) is 6.08 Å². The first-order valence-corrected chi connectivity index (χ1v) is 6.15. The molecule has 5 heteroatoms. The fraction of sp³-hybridized carbons (Fsp3) is 0.0588. The standard InChI is InChI=1S/C12H8O3.C3H6.C2N2/c13-11-8-10(12(14)15-11)7-6-9-4-2-1-3-5-9;1-3-2;3-1-2-4/h1-8H;3H,1H2,2H3;. The highest BCUT2D eigenvalue weighted by Gasteiger charge is 2.20. The number of carbonyl (C=O) groups excluding carboxylic acids is 2. The van der Waals surface area contributed by atoms with Gasteiger partial charge in [0.15, 0.2) is 12.1 Å². The summed E-state index contributed by atoms with van der Waals surface area (Å²) in [6.45, 7) is 5.25. The Labute approximate surface area is 129 Å². The predicted molar refractivity (Wildman–Crippen MR) is 81.8 cm³/mol. The number of esters is 2. The molecule has 0 amide bonds. The van der Waals surface area contributed by atoms with Crippen molar-refractivity contribution in [2.75, 3.05) is 0 Å². The zero-order valence-corrected chi connectivity index (χ0v) is 12.0. The minimum Gasteiger partial charge on any atom is -0.386 e. The Morgan fingerprint density at radius 1 is 1.09 bits per heavy atom. The van der Waals surface area contributed by atoms with Crippen LogP contribution in [-0.4, -0.2) is 11.9 Å². The number of nitriles is 2. The second-order valence-corrected chi connectivity index (χ2v) is 3.68. The van der Waals surface area contributed by atoms with Gasteiger partial charge in [-0.05, 0) is 18.6 Å². The van der Waals surface area contributed by atoms with Crippen molar-refractivity contribution >= 4 is 18.0 Å². The Balaban J connectivity index is 0.000000537. The van der Waals surface area contributed by atoms with Crippen molar-refractivity contribution in [2.45, 2.75) is 6.92 Å². The highest BCUT2D eigenvalue weighted by atomic mass is 16.6. The number of allylic oxidation sites excluding steroid dienone is 1. The lowest BCUT2D eigenvalue weighted by Gasteiger charge is -1.91. The van der Waals surface area contributed by atoms with Crippen LogP contribution in [0, 0.1) is 22.7 Å². The molecule has 110 valence electrons. The summed E-state index contributed by atoms with van der Waals surface area (Å²) in [7, 11) is 0. The first-order valence-electron chi connectivity index (χ1n) is 6.15. The van der Waals surface area contributed by atoms with Crippen molar-refractivity contribution < 1.29 is 14.3 Å². The monoisotopic (exact) mass is 294 g/mol. The Morgan fingerprint density at radius 3 is 2.05 bits per heavy atom. The third kappa shape index (κ3) is 7.88. The van der Waals surface area contributed by atoms with E-state index in [1.165, 1.54) is 18.2 Å². The van der Waals surface area contributed by atoms with Crippen molar-refractivity contribution in [3.05, 3.63) is 66.3 Å². The van der Waals surface area contributed by atoms with Crippen LogP contribution in [0.25, 0.3) is 6.08 Å². The van der Waals surface area contributed by atoms with Gasteiger partial charge in [-0.25, -0.2) is 9.59 Å². The molecule has 1 aromatic carbocycles. The van der Waals surface area contributed by atoms with Gasteiger partial charge in [-0.3, -0.25) is 0 Å². The van der Waals surface area contributed by atoms with Crippen molar-refractivity contribution in [1.82, 2.24) is 0 Å². The maximum atomic E-state index is 11.0. The fourth-order valence-corrected chi connectivity index (χ4v) is 1.23. The van der Waals surface area contributed by atoms with E-state index < -0.39 is 11.9 Å². The summed E-state index contributed by atoms with van der Waals surface area (Å²) in [5.41, 5.74) is 1.24. The molecule has 1 aliphatic rings. The van der Waals surface area contributed by atoms with Gasteiger partial charge >= 0.3 is 11.9 Å². The molecule has 5 nitrogen and oxygen atoms in total. The normalized spacial score (nSPS) is 11.7. The lowest BCUT2D eigenvalue weighted by molar-refractivity contribution is -0.150. The number of rotatable bonds is 2. The predicted octanol–water partition coefficient (Wildman–Crippen LogP) is 2.94. The van der Waals surface area contributed by atoms with Gasteiger partial charge in [0.25, 0.3) is 0 Å². The Morgan fingerprint density at radius 2 is 1.64 bits per heavy atom. The molecule has 0 bridgehead atoms. The smallest absolute Gasteiger partial charge is 0.346 e. The average molecular weight is 294 g/mol. The van der Waals surface area contributed by atoms with E-state index in [1.54, 1.807) is 18.2 Å². The molecule has 0 unspecified atom stereocenters. The molecular weight excluding hydrogens is 280 g/mol. The van der Waals surface area contributed by atoms with Crippen LogP contribution in [-0.2, 0) is 14.3 Å². The molecule has 0 aromatic heterocycles. The van der Waals surface area contributed by atoms with E-state index in [9.17, 15) is 9.59 Å². The van der Waals surface area contributed by atoms with Crippen molar-refractivity contribution in [1.29, 1.82) is 10.5 Å². The number of nitrogens with zero attached hydrogens (tertiary/aromatic N) is 2. The van der Waals surface area contributed by atoms with Gasteiger partial charge in [0.05, 0.1) is 5.57 Å². The summed E-state index contributed by atoms with van der Waals surface area (Å²) in [4.78, 5) is 21.8. The van der Waals surface area contributed by atoms with Crippen molar-refractivity contribution in [3.8, 4) is 12.1 Å². The van der Waals surface area contributed by atoms with Crippen LogP contribution in [0.15, 0.2) is 60.7 Å². The molecule has 0 spiro atoms. The molecule has 0 fully saturated rings. The van der Waals surface area contributed by atoms with E-state index in [0.717, 1.165) is 5.56 Å². The van der Waals surface area contributed by atoms with Gasteiger partial charge in [-0.15, -0.1) is 6.58 Å². The summed E-state index contributed by atoms with van der Waals surface area (Å²) >= 11 is 0. The number of cyclic esters (lactones) is 2. The highest BCUT2D eigenvalue weighted by molar-refractivity contribution is 6.10. The maximum absolute atomic E-state index is 11.0. The second kappa shape index (κ2) is 11.4. The van der Waals surface area contributed by atoms with E-state index in [2.05, 4.69) is 11.3 Å². The van der Waals surface area contributed by atoms with Crippen molar-refractivity contribution in [2.24, 2.45) is 0 Å². The number of hydrogen-bond donors (Lipinski definition) is 0. The molecule has 1 aromatic rings. The molecule has 0 atom stereocenters. The minimum absolute atomic E-state index is 0.281. The average Bonchev–Trinajstić information content (AvgIpc) is 2.85. The summed E-state index contributed by atoms with van der Waals surface area (Å²) in [5, 5.41) is 14.5. The Kier molecular flexibility index (Phi) is 9.61. The SMILES string of the molecule is C=CC.N#CC#N.O=C1C=C(C=Cc2ccccc2)C(=O)O1. The van der Waals surface area contributed by atoms with Gasteiger partial charge in [-0.1, -0.05) is 42.5 Å². The third-order valence-corrected chi connectivity index (χ3v) is 2.01. The van der Waals surface area contributed by atoms with E-state index in [-0.39, 0.29) is 5.57 Å². The summed E-state index contributed by atoms with van der Waals surface area (Å²) < 4.78 is 4.34. The van der Waals surface area contributed by atoms with Gasteiger partial charge in [-0.2, -0.15) is 10.5 Å². The molecule has 1 aliphatic heterocycles. The highest BCUT2D eigenvalue weighted by Crippen LogP contribution is 2.11. The molecule has 2 rings (SSSR count). The van der Waals surface area contributed by atoms with E-state index in [4.69, 9.17) is 10.5 Å². The third-order valence-electron chi connectivity index (χ3n) is 2.01. The van der Waals surface area contributed by atoms with Gasteiger partial charge in [0.2, 0.25) is 0 Å². The summed E-state index contributed by atoms with van der Waals surface area (Å²) in [6.07, 6.45) is 6.26. The van der Waals surface area contributed by atoms with Crippen LogP contribution in [0.5, 0.6) is 0 Å². The molecule has 0 saturated heterocycles. The molecule has 0 aliphatic carbocycles. The number of carbonyl (C=O) groups is 2. The first-order chi connectivity index (χ1) is 10.6. The molecule has 1 heterocycles. The van der Waals surface area contributed by atoms with Crippen LogP contribution < -0.4 is 0 Å². The lowest BCUT2D eigenvalue weighted by Crippen LogP contribution is -2.00. The van der Waals surface area contributed by atoms with Gasteiger partial charge in [0.1, 0.15) is 0 Å². The lowest BCUT2D eigenvalue weighted by atomic mass is 10.1. The molecule has 22 heavy (non-hydrogen) atoms. The number of benzene rings is 1. The van der Waals surface area contributed by atoms with Crippen LogP contribution in [0.4, 0.5) is 0 Å². The summed E-state index contributed by atoms with van der Waals surface area (Å²) in [6, 6.07) is 12.0. The zero-order valence-electron chi connectivity index (χ0n) is 12.0.